The topological polar surface area (TPSA) is 84.9 Å². The highest BCUT2D eigenvalue weighted by molar-refractivity contribution is 7.89. The normalized spacial score (nSPS) is 15.3. The number of halogens is 1. The van der Waals surface area contributed by atoms with Crippen LogP contribution in [0.5, 0.6) is 5.75 Å². The highest BCUT2D eigenvalue weighted by atomic mass is 35.5. The van der Waals surface area contributed by atoms with Crippen molar-refractivity contribution in [3.05, 3.63) is 53.1 Å². The minimum atomic E-state index is -3.57. The molecule has 0 aromatic heterocycles. The van der Waals surface area contributed by atoms with E-state index in [1.165, 1.54) is 29.6 Å². The number of nitrogens with zero attached hydrogens (tertiary/aromatic N) is 1. The number of hydrogen-bond acceptors (Lipinski definition) is 5. The molecule has 1 fully saturated rings. The second-order valence-corrected chi connectivity index (χ2v) is 8.21. The van der Waals surface area contributed by atoms with E-state index in [4.69, 9.17) is 21.1 Å². The predicted molar refractivity (Wildman–Crippen MR) is 102 cm³/mol. The van der Waals surface area contributed by atoms with Crippen LogP contribution >= 0.6 is 11.6 Å². The SMILES string of the molecule is COc1ccc(Cl)cc1C(=O)Nc1ccc(S(=O)(=O)N2CCOCC2)cc1. The lowest BCUT2D eigenvalue weighted by molar-refractivity contribution is 0.0730. The summed E-state index contributed by atoms with van der Waals surface area (Å²) in [7, 11) is -2.11. The van der Waals surface area contributed by atoms with Crippen molar-refractivity contribution in [2.24, 2.45) is 0 Å². The van der Waals surface area contributed by atoms with Gasteiger partial charge in [0.2, 0.25) is 10.0 Å². The molecule has 1 heterocycles. The van der Waals surface area contributed by atoms with Gasteiger partial charge in [-0.1, -0.05) is 11.6 Å². The molecule has 3 rings (SSSR count). The summed E-state index contributed by atoms with van der Waals surface area (Å²) in [5.41, 5.74) is 0.748. The number of carbonyl (C=O) groups is 1. The van der Waals surface area contributed by atoms with Gasteiger partial charge >= 0.3 is 0 Å². The number of morpholine rings is 1. The van der Waals surface area contributed by atoms with E-state index in [9.17, 15) is 13.2 Å². The fraction of sp³-hybridized carbons (Fsp3) is 0.278. The van der Waals surface area contributed by atoms with E-state index in [0.717, 1.165) is 0 Å². The molecule has 2 aromatic carbocycles. The number of sulfonamides is 1. The quantitative estimate of drug-likeness (QED) is 0.819. The van der Waals surface area contributed by atoms with Gasteiger partial charge in [-0.05, 0) is 42.5 Å². The Balaban J connectivity index is 1.76. The lowest BCUT2D eigenvalue weighted by Gasteiger charge is -2.26. The molecule has 2 aromatic rings. The highest BCUT2D eigenvalue weighted by Gasteiger charge is 2.26. The van der Waals surface area contributed by atoms with Crippen molar-refractivity contribution in [3.8, 4) is 5.75 Å². The van der Waals surface area contributed by atoms with E-state index in [0.29, 0.717) is 42.8 Å². The number of rotatable bonds is 5. The zero-order valence-corrected chi connectivity index (χ0v) is 16.2. The Hall–Kier alpha value is -2.13. The first-order chi connectivity index (χ1) is 12.9. The average molecular weight is 411 g/mol. The maximum absolute atomic E-state index is 12.6. The van der Waals surface area contributed by atoms with Gasteiger partial charge in [-0.2, -0.15) is 4.31 Å². The standard InChI is InChI=1S/C18H19ClN2O5S/c1-25-17-7-2-13(19)12-16(17)18(22)20-14-3-5-15(6-4-14)27(23,24)21-8-10-26-11-9-21/h2-7,12H,8-11H2,1H3,(H,20,22). The fourth-order valence-corrected chi connectivity index (χ4v) is 4.28. The first-order valence-corrected chi connectivity index (χ1v) is 10.1. The zero-order valence-electron chi connectivity index (χ0n) is 14.6. The Morgan fingerprint density at radius 3 is 2.44 bits per heavy atom. The molecule has 1 aliphatic rings. The Labute approximate surface area is 162 Å². The molecule has 1 aliphatic heterocycles. The average Bonchev–Trinajstić information content (AvgIpc) is 2.69. The third-order valence-electron chi connectivity index (χ3n) is 4.13. The van der Waals surface area contributed by atoms with Crippen LogP contribution in [0.15, 0.2) is 47.4 Å². The second-order valence-electron chi connectivity index (χ2n) is 5.84. The van der Waals surface area contributed by atoms with E-state index in [-0.39, 0.29) is 10.5 Å². The number of benzene rings is 2. The van der Waals surface area contributed by atoms with Gasteiger partial charge in [0.05, 0.1) is 30.8 Å². The molecule has 0 bridgehead atoms. The molecule has 1 saturated heterocycles. The first-order valence-electron chi connectivity index (χ1n) is 8.24. The van der Waals surface area contributed by atoms with Gasteiger partial charge in [0.15, 0.2) is 0 Å². The summed E-state index contributed by atoms with van der Waals surface area (Å²) in [6.07, 6.45) is 0. The van der Waals surface area contributed by atoms with Crippen molar-refractivity contribution in [1.29, 1.82) is 0 Å². The maximum Gasteiger partial charge on any atom is 0.259 e. The molecule has 7 nitrogen and oxygen atoms in total. The number of ether oxygens (including phenoxy) is 2. The highest BCUT2D eigenvalue weighted by Crippen LogP contribution is 2.24. The molecule has 0 saturated carbocycles. The lowest BCUT2D eigenvalue weighted by Crippen LogP contribution is -2.40. The third kappa shape index (κ3) is 4.41. The van der Waals surface area contributed by atoms with E-state index in [1.807, 2.05) is 0 Å². The molecule has 1 amide bonds. The smallest absolute Gasteiger partial charge is 0.259 e. The Morgan fingerprint density at radius 2 is 1.81 bits per heavy atom. The van der Waals surface area contributed by atoms with E-state index in [2.05, 4.69) is 5.32 Å². The lowest BCUT2D eigenvalue weighted by atomic mass is 10.2. The second kappa shape index (κ2) is 8.26. The number of hydrogen-bond donors (Lipinski definition) is 1. The summed E-state index contributed by atoms with van der Waals surface area (Å²) in [5, 5.41) is 3.12. The monoisotopic (exact) mass is 410 g/mol. The van der Waals surface area contributed by atoms with Gasteiger partial charge in [0.25, 0.3) is 5.91 Å². The molecule has 0 aliphatic carbocycles. The number of nitrogens with one attached hydrogen (secondary N) is 1. The van der Waals surface area contributed by atoms with Crippen LogP contribution in [0.4, 0.5) is 5.69 Å². The van der Waals surface area contributed by atoms with Crippen LogP contribution in [0.3, 0.4) is 0 Å². The molecule has 1 N–H and O–H groups in total. The summed E-state index contributed by atoms with van der Waals surface area (Å²) in [6, 6.07) is 10.8. The van der Waals surface area contributed by atoms with Crippen LogP contribution in [0.25, 0.3) is 0 Å². The van der Waals surface area contributed by atoms with Crippen molar-refractivity contribution in [3.63, 3.8) is 0 Å². The van der Waals surface area contributed by atoms with Crippen LogP contribution in [-0.2, 0) is 14.8 Å². The molecular formula is C18H19ClN2O5S. The van der Waals surface area contributed by atoms with Gasteiger partial charge < -0.3 is 14.8 Å². The number of amides is 1. The van der Waals surface area contributed by atoms with Crippen LogP contribution < -0.4 is 10.1 Å². The van der Waals surface area contributed by atoms with Crippen LogP contribution in [0.2, 0.25) is 5.02 Å². The minimum absolute atomic E-state index is 0.169. The van der Waals surface area contributed by atoms with Crippen molar-refractivity contribution in [2.75, 3.05) is 38.7 Å². The van der Waals surface area contributed by atoms with Gasteiger partial charge in [0, 0.05) is 23.8 Å². The number of carbonyl (C=O) groups excluding carboxylic acids is 1. The fourth-order valence-electron chi connectivity index (χ4n) is 2.70. The van der Waals surface area contributed by atoms with Crippen molar-refractivity contribution in [1.82, 2.24) is 4.31 Å². The van der Waals surface area contributed by atoms with Gasteiger partial charge in [-0.25, -0.2) is 8.42 Å². The molecule has 0 radical (unpaired) electrons. The molecule has 144 valence electrons. The van der Waals surface area contributed by atoms with Gasteiger partial charge in [-0.3, -0.25) is 4.79 Å². The Kier molecular flexibility index (Phi) is 6.01. The van der Waals surface area contributed by atoms with Crippen LogP contribution in [0, 0.1) is 0 Å². The Morgan fingerprint density at radius 1 is 1.15 bits per heavy atom. The summed E-state index contributed by atoms with van der Waals surface area (Å²) in [5.74, 6) is -0.0125. The minimum Gasteiger partial charge on any atom is -0.496 e. The maximum atomic E-state index is 12.6. The molecular weight excluding hydrogens is 392 g/mol. The molecule has 0 atom stereocenters. The summed E-state index contributed by atoms with van der Waals surface area (Å²) >= 11 is 5.95. The number of methoxy groups -OCH3 is 1. The van der Waals surface area contributed by atoms with E-state index in [1.54, 1.807) is 24.3 Å². The van der Waals surface area contributed by atoms with Gasteiger partial charge in [-0.15, -0.1) is 0 Å². The van der Waals surface area contributed by atoms with Crippen LogP contribution in [-0.4, -0.2) is 52.0 Å². The number of anilines is 1. The summed E-state index contributed by atoms with van der Waals surface area (Å²) in [4.78, 5) is 12.7. The molecule has 0 spiro atoms. The van der Waals surface area contributed by atoms with E-state index >= 15 is 0 Å². The van der Waals surface area contributed by atoms with Crippen molar-refractivity contribution < 1.29 is 22.7 Å². The van der Waals surface area contributed by atoms with Crippen molar-refractivity contribution in [2.45, 2.75) is 4.90 Å². The predicted octanol–water partition coefficient (Wildman–Crippen LogP) is 2.62. The van der Waals surface area contributed by atoms with Crippen molar-refractivity contribution >= 4 is 33.2 Å². The van der Waals surface area contributed by atoms with Gasteiger partial charge in [0.1, 0.15) is 5.75 Å². The summed E-state index contributed by atoms with van der Waals surface area (Å²) < 4.78 is 37.0. The molecule has 0 unspecified atom stereocenters. The molecule has 27 heavy (non-hydrogen) atoms. The first kappa shape index (κ1) is 19.6. The van der Waals surface area contributed by atoms with E-state index < -0.39 is 15.9 Å². The summed E-state index contributed by atoms with van der Waals surface area (Å²) in [6.45, 7) is 1.43. The largest absolute Gasteiger partial charge is 0.496 e. The zero-order chi connectivity index (χ0) is 19.4. The van der Waals surface area contributed by atoms with Crippen LogP contribution in [0.1, 0.15) is 10.4 Å². The molecule has 9 heteroatoms. The third-order valence-corrected chi connectivity index (χ3v) is 6.27. The Bertz CT molecular complexity index is 925.